The van der Waals surface area contributed by atoms with E-state index in [9.17, 15) is 8.78 Å². The SMILES string of the molecule is CN(Cc1ccc(-n2ccnc2)cc1)Cc1nccn1C(F)F. The average molecular weight is 317 g/mol. The molecule has 5 nitrogen and oxygen atoms in total. The van der Waals surface area contributed by atoms with Crippen molar-refractivity contribution in [1.82, 2.24) is 24.0 Å². The molecule has 7 heteroatoms. The van der Waals surface area contributed by atoms with Crippen molar-refractivity contribution in [1.29, 1.82) is 0 Å². The fraction of sp³-hybridized carbons (Fsp3) is 0.250. The zero-order valence-electron chi connectivity index (χ0n) is 12.7. The quantitative estimate of drug-likeness (QED) is 0.701. The molecule has 2 aromatic heterocycles. The lowest BCUT2D eigenvalue weighted by Crippen LogP contribution is -2.20. The summed E-state index contributed by atoms with van der Waals surface area (Å²) in [7, 11) is 1.88. The summed E-state index contributed by atoms with van der Waals surface area (Å²) in [6, 6.07) is 8.05. The molecule has 0 aliphatic carbocycles. The van der Waals surface area contributed by atoms with Gasteiger partial charge in [0.05, 0.1) is 12.9 Å². The summed E-state index contributed by atoms with van der Waals surface area (Å²) in [5.41, 5.74) is 2.13. The van der Waals surface area contributed by atoms with Gasteiger partial charge in [-0.3, -0.25) is 9.47 Å². The lowest BCUT2D eigenvalue weighted by atomic mass is 10.2. The van der Waals surface area contributed by atoms with Crippen LogP contribution < -0.4 is 0 Å². The first-order valence-corrected chi connectivity index (χ1v) is 7.19. The van der Waals surface area contributed by atoms with E-state index in [0.29, 0.717) is 18.9 Å². The number of imidazole rings is 2. The van der Waals surface area contributed by atoms with Gasteiger partial charge in [0, 0.05) is 37.0 Å². The zero-order chi connectivity index (χ0) is 16.2. The lowest BCUT2D eigenvalue weighted by molar-refractivity contribution is 0.0644. The van der Waals surface area contributed by atoms with Gasteiger partial charge in [-0.25, -0.2) is 9.97 Å². The number of rotatable bonds is 6. The Morgan fingerprint density at radius 3 is 2.52 bits per heavy atom. The summed E-state index contributed by atoms with van der Waals surface area (Å²) in [6.07, 6.45) is 8.05. The molecular formula is C16H17F2N5. The fourth-order valence-corrected chi connectivity index (χ4v) is 2.44. The molecule has 0 aliphatic rings. The highest BCUT2D eigenvalue weighted by molar-refractivity contribution is 5.34. The molecule has 0 N–H and O–H groups in total. The van der Waals surface area contributed by atoms with E-state index in [1.54, 1.807) is 12.5 Å². The summed E-state index contributed by atoms with van der Waals surface area (Å²) >= 11 is 0. The minimum absolute atomic E-state index is 0.359. The third kappa shape index (κ3) is 3.62. The van der Waals surface area contributed by atoms with Crippen molar-refractivity contribution in [2.45, 2.75) is 19.6 Å². The third-order valence-corrected chi connectivity index (χ3v) is 3.56. The molecule has 0 saturated heterocycles. The van der Waals surface area contributed by atoms with Crippen LogP contribution in [0, 0.1) is 0 Å². The molecule has 0 bridgehead atoms. The van der Waals surface area contributed by atoms with Crippen LogP contribution in [0.3, 0.4) is 0 Å². The van der Waals surface area contributed by atoms with Gasteiger partial charge in [0.15, 0.2) is 0 Å². The predicted molar refractivity (Wildman–Crippen MR) is 82.2 cm³/mol. The van der Waals surface area contributed by atoms with Crippen LogP contribution in [0.4, 0.5) is 8.78 Å². The van der Waals surface area contributed by atoms with Gasteiger partial charge in [0.2, 0.25) is 0 Å². The van der Waals surface area contributed by atoms with Gasteiger partial charge in [0.1, 0.15) is 5.82 Å². The normalized spacial score (nSPS) is 11.5. The average Bonchev–Trinajstić information content (AvgIpc) is 3.19. The molecule has 0 amide bonds. The van der Waals surface area contributed by atoms with Gasteiger partial charge < -0.3 is 4.57 Å². The van der Waals surface area contributed by atoms with Crippen molar-refractivity contribution >= 4 is 0 Å². The van der Waals surface area contributed by atoms with Crippen LogP contribution in [0.2, 0.25) is 0 Å². The van der Waals surface area contributed by atoms with Crippen LogP contribution in [0.5, 0.6) is 0 Å². The van der Waals surface area contributed by atoms with E-state index in [-0.39, 0.29) is 0 Å². The van der Waals surface area contributed by atoms with Crippen molar-refractivity contribution in [2.75, 3.05) is 7.05 Å². The van der Waals surface area contributed by atoms with Crippen LogP contribution in [-0.2, 0) is 13.1 Å². The van der Waals surface area contributed by atoms with E-state index in [1.165, 1.54) is 12.4 Å². The Labute approximate surface area is 132 Å². The van der Waals surface area contributed by atoms with E-state index >= 15 is 0 Å². The van der Waals surface area contributed by atoms with E-state index in [4.69, 9.17) is 0 Å². The highest BCUT2D eigenvalue weighted by atomic mass is 19.3. The first-order chi connectivity index (χ1) is 11.1. The Balaban J connectivity index is 1.63. The van der Waals surface area contributed by atoms with Crippen molar-refractivity contribution in [3.05, 3.63) is 66.8 Å². The van der Waals surface area contributed by atoms with Gasteiger partial charge in [-0.15, -0.1) is 0 Å². The maximum absolute atomic E-state index is 12.8. The number of nitrogens with zero attached hydrogens (tertiary/aromatic N) is 5. The molecule has 120 valence electrons. The summed E-state index contributed by atoms with van der Waals surface area (Å²) in [4.78, 5) is 9.97. The van der Waals surface area contributed by atoms with Crippen LogP contribution in [0.15, 0.2) is 55.4 Å². The molecule has 0 radical (unpaired) electrons. The maximum atomic E-state index is 12.8. The zero-order valence-corrected chi connectivity index (χ0v) is 12.7. The predicted octanol–water partition coefficient (Wildman–Crippen LogP) is 3.10. The van der Waals surface area contributed by atoms with E-state index in [0.717, 1.165) is 15.8 Å². The number of halogens is 2. The summed E-state index contributed by atoms with van der Waals surface area (Å²) in [6.45, 7) is -1.55. The fourth-order valence-electron chi connectivity index (χ4n) is 2.44. The van der Waals surface area contributed by atoms with Crippen molar-refractivity contribution < 1.29 is 8.78 Å². The van der Waals surface area contributed by atoms with Crippen LogP contribution in [0.25, 0.3) is 5.69 Å². The van der Waals surface area contributed by atoms with Gasteiger partial charge in [-0.1, -0.05) is 12.1 Å². The number of hydrogen-bond acceptors (Lipinski definition) is 3. The van der Waals surface area contributed by atoms with Gasteiger partial charge in [0.25, 0.3) is 0 Å². The Kier molecular flexibility index (Phi) is 4.47. The Bertz CT molecular complexity index is 734. The Morgan fingerprint density at radius 2 is 1.87 bits per heavy atom. The first-order valence-electron chi connectivity index (χ1n) is 7.19. The smallest absolute Gasteiger partial charge is 0.306 e. The molecule has 2 heterocycles. The molecule has 23 heavy (non-hydrogen) atoms. The second-order valence-electron chi connectivity index (χ2n) is 5.34. The molecule has 0 fully saturated rings. The molecule has 1 aromatic carbocycles. The second kappa shape index (κ2) is 6.70. The van der Waals surface area contributed by atoms with Gasteiger partial charge in [-0.2, -0.15) is 8.78 Å². The van der Waals surface area contributed by atoms with Crippen molar-refractivity contribution in [2.24, 2.45) is 0 Å². The number of aromatic nitrogens is 4. The number of alkyl halides is 2. The van der Waals surface area contributed by atoms with Gasteiger partial charge in [-0.05, 0) is 24.7 Å². The minimum atomic E-state index is -2.56. The summed E-state index contributed by atoms with van der Waals surface area (Å²) < 4.78 is 28.4. The van der Waals surface area contributed by atoms with E-state index < -0.39 is 6.55 Å². The number of benzene rings is 1. The third-order valence-electron chi connectivity index (χ3n) is 3.56. The maximum Gasteiger partial charge on any atom is 0.319 e. The molecule has 0 unspecified atom stereocenters. The highest BCUT2D eigenvalue weighted by Gasteiger charge is 2.13. The molecule has 3 rings (SSSR count). The highest BCUT2D eigenvalue weighted by Crippen LogP contribution is 2.15. The minimum Gasteiger partial charge on any atom is -0.306 e. The Hall–Kier alpha value is -2.54. The lowest BCUT2D eigenvalue weighted by Gasteiger charge is -2.17. The van der Waals surface area contributed by atoms with Crippen LogP contribution >= 0.6 is 0 Å². The Morgan fingerprint density at radius 1 is 1.09 bits per heavy atom. The topological polar surface area (TPSA) is 38.9 Å². The van der Waals surface area contributed by atoms with Crippen molar-refractivity contribution in [3.63, 3.8) is 0 Å². The molecule has 3 aromatic rings. The molecule has 0 atom stereocenters. The largest absolute Gasteiger partial charge is 0.319 e. The second-order valence-corrected chi connectivity index (χ2v) is 5.34. The standard InChI is InChI=1S/C16H17F2N5/c1-21(11-15-20-7-9-23(15)16(17)18)10-13-2-4-14(5-3-13)22-8-6-19-12-22/h2-9,12,16H,10-11H2,1H3. The molecule has 0 spiro atoms. The monoisotopic (exact) mass is 317 g/mol. The van der Waals surface area contributed by atoms with Crippen LogP contribution in [0.1, 0.15) is 17.9 Å². The summed E-state index contributed by atoms with van der Waals surface area (Å²) in [5, 5.41) is 0. The van der Waals surface area contributed by atoms with Gasteiger partial charge >= 0.3 is 6.55 Å². The molecule has 0 aliphatic heterocycles. The number of hydrogen-bond donors (Lipinski definition) is 0. The summed E-state index contributed by atoms with van der Waals surface area (Å²) in [5.74, 6) is 0.359. The van der Waals surface area contributed by atoms with Crippen molar-refractivity contribution in [3.8, 4) is 5.69 Å². The van der Waals surface area contributed by atoms with E-state index in [1.807, 2.05) is 47.0 Å². The molecule has 0 saturated carbocycles. The first kappa shape index (κ1) is 15.4. The van der Waals surface area contributed by atoms with E-state index in [2.05, 4.69) is 9.97 Å². The van der Waals surface area contributed by atoms with Crippen LogP contribution in [-0.4, -0.2) is 31.0 Å². The molecular weight excluding hydrogens is 300 g/mol.